The maximum absolute atomic E-state index is 12.8. The van der Waals surface area contributed by atoms with Crippen molar-refractivity contribution in [3.8, 4) is 16.9 Å². The fraction of sp³-hybridized carbons (Fsp3) is 0. The third kappa shape index (κ3) is 2.86. The van der Waals surface area contributed by atoms with Gasteiger partial charge in [0.15, 0.2) is 0 Å². The van der Waals surface area contributed by atoms with Crippen LogP contribution in [0.15, 0.2) is 78.9 Å². The van der Waals surface area contributed by atoms with E-state index in [1.807, 2.05) is 60.7 Å². The molecule has 2 nitrogen and oxygen atoms in total. The molecule has 0 aliphatic heterocycles. The zero-order valence-electron chi connectivity index (χ0n) is 11.3. The van der Waals surface area contributed by atoms with Gasteiger partial charge in [0.1, 0.15) is 13.6 Å². The van der Waals surface area contributed by atoms with Crippen molar-refractivity contribution in [1.29, 1.82) is 0 Å². The van der Waals surface area contributed by atoms with Crippen LogP contribution in [0.4, 0.5) is 0 Å². The van der Waals surface area contributed by atoms with E-state index < -0.39 is 7.80 Å². The van der Waals surface area contributed by atoms with E-state index in [1.165, 1.54) is 0 Å². The third-order valence-electron chi connectivity index (χ3n) is 3.27. The van der Waals surface area contributed by atoms with E-state index in [0.717, 1.165) is 21.7 Å². The molecule has 103 valence electrons. The molecule has 3 aromatic carbocycles. The van der Waals surface area contributed by atoms with Gasteiger partial charge in [0, 0.05) is 10.6 Å². The van der Waals surface area contributed by atoms with Crippen LogP contribution < -0.4 is 10.6 Å². The Hall–Kier alpha value is -2.44. The van der Waals surface area contributed by atoms with E-state index in [1.54, 1.807) is 18.2 Å². The minimum Gasteiger partial charge on any atom is -0.508 e. The summed E-state index contributed by atoms with van der Waals surface area (Å²) in [6.07, 6.45) is 0. The van der Waals surface area contributed by atoms with Gasteiger partial charge in [0.25, 0.3) is 0 Å². The zero-order chi connectivity index (χ0) is 14.7. The Bertz CT molecular complexity index is 768. The molecule has 1 N–H and O–H groups in total. The Morgan fingerprint density at radius 1 is 0.762 bits per heavy atom. The van der Waals surface area contributed by atoms with Crippen LogP contribution in [0.2, 0.25) is 0 Å². The van der Waals surface area contributed by atoms with Crippen LogP contribution in [-0.2, 0) is 4.57 Å². The molecule has 0 aliphatic rings. The molecule has 0 spiro atoms. The lowest BCUT2D eigenvalue weighted by atomic mass is 10.1. The fourth-order valence-corrected chi connectivity index (χ4v) is 3.60. The van der Waals surface area contributed by atoms with Crippen LogP contribution in [0.3, 0.4) is 0 Å². The lowest BCUT2D eigenvalue weighted by Gasteiger charge is -2.10. The molecule has 1 atom stereocenters. The van der Waals surface area contributed by atoms with E-state index in [9.17, 15) is 9.67 Å². The number of phenolic OH excluding ortho intramolecular Hbond substituents is 1. The summed E-state index contributed by atoms with van der Waals surface area (Å²) in [5.74, 6) is 0.175. The molecule has 3 aromatic rings. The summed E-state index contributed by atoms with van der Waals surface area (Å²) in [5.41, 5.74) is 1.75. The highest BCUT2D eigenvalue weighted by Crippen LogP contribution is 2.30. The Balaban J connectivity index is 2.14. The second-order valence-electron chi connectivity index (χ2n) is 4.70. The maximum Gasteiger partial charge on any atom is 0.137 e. The molecule has 1 unspecified atom stereocenters. The standard InChI is InChI=1S/C18H14O2P/c19-15-11-12-18(21(20)16-9-5-2-6-10-16)17(13-15)14-7-3-1-4-8-14/h1-13,19H. The van der Waals surface area contributed by atoms with Gasteiger partial charge in [-0.1, -0.05) is 48.5 Å². The summed E-state index contributed by atoms with van der Waals surface area (Å²) in [6, 6.07) is 24.1. The molecule has 0 amide bonds. The van der Waals surface area contributed by atoms with Gasteiger partial charge in [-0.15, -0.1) is 0 Å². The number of rotatable bonds is 3. The first-order valence-electron chi connectivity index (χ1n) is 6.66. The third-order valence-corrected chi connectivity index (χ3v) is 4.87. The summed E-state index contributed by atoms with van der Waals surface area (Å²) in [5, 5.41) is 11.3. The minimum absolute atomic E-state index is 0.175. The van der Waals surface area contributed by atoms with Crippen molar-refractivity contribution in [2.75, 3.05) is 0 Å². The minimum atomic E-state index is -1.69. The second kappa shape index (κ2) is 5.90. The van der Waals surface area contributed by atoms with Crippen molar-refractivity contribution >= 4 is 18.4 Å². The van der Waals surface area contributed by atoms with Crippen LogP contribution in [0.5, 0.6) is 5.75 Å². The van der Waals surface area contributed by atoms with Gasteiger partial charge in [0.05, 0.1) is 0 Å². The van der Waals surface area contributed by atoms with Crippen molar-refractivity contribution in [2.24, 2.45) is 0 Å². The molecule has 0 aromatic heterocycles. The first-order chi connectivity index (χ1) is 10.3. The molecule has 0 aliphatic carbocycles. The summed E-state index contributed by atoms with van der Waals surface area (Å²) >= 11 is 0. The predicted octanol–water partition coefficient (Wildman–Crippen LogP) is 3.84. The summed E-state index contributed by atoms with van der Waals surface area (Å²) < 4.78 is 12.8. The maximum atomic E-state index is 12.8. The van der Waals surface area contributed by atoms with E-state index in [2.05, 4.69) is 0 Å². The first kappa shape index (κ1) is 13.5. The molecular weight excluding hydrogens is 279 g/mol. The Kier molecular flexibility index (Phi) is 3.81. The highest BCUT2D eigenvalue weighted by molar-refractivity contribution is 7.61. The van der Waals surface area contributed by atoms with Crippen LogP contribution in [0.1, 0.15) is 0 Å². The van der Waals surface area contributed by atoms with Crippen molar-refractivity contribution in [3.05, 3.63) is 78.9 Å². The number of benzene rings is 3. The largest absolute Gasteiger partial charge is 0.508 e. The zero-order valence-corrected chi connectivity index (χ0v) is 12.2. The molecule has 0 bridgehead atoms. The van der Waals surface area contributed by atoms with Crippen molar-refractivity contribution in [1.82, 2.24) is 0 Å². The number of hydrogen-bond acceptors (Lipinski definition) is 2. The Morgan fingerprint density at radius 2 is 1.38 bits per heavy atom. The Labute approximate surface area is 124 Å². The van der Waals surface area contributed by atoms with Gasteiger partial charge in [-0.2, -0.15) is 0 Å². The van der Waals surface area contributed by atoms with Crippen LogP contribution >= 0.6 is 7.80 Å². The van der Waals surface area contributed by atoms with Gasteiger partial charge in [-0.05, 0) is 41.5 Å². The molecule has 0 saturated heterocycles. The number of phenols is 1. The monoisotopic (exact) mass is 293 g/mol. The summed E-state index contributed by atoms with van der Waals surface area (Å²) in [6.45, 7) is 0. The average molecular weight is 293 g/mol. The highest BCUT2D eigenvalue weighted by Gasteiger charge is 2.14. The van der Waals surface area contributed by atoms with Crippen molar-refractivity contribution in [2.45, 2.75) is 0 Å². The Morgan fingerprint density at radius 3 is 2.05 bits per heavy atom. The lowest BCUT2D eigenvalue weighted by molar-refractivity contribution is 0.475. The van der Waals surface area contributed by atoms with Crippen LogP contribution in [0.25, 0.3) is 11.1 Å². The van der Waals surface area contributed by atoms with Gasteiger partial charge < -0.3 is 5.11 Å². The molecule has 0 saturated carbocycles. The van der Waals surface area contributed by atoms with E-state index in [4.69, 9.17) is 0 Å². The molecule has 1 radical (unpaired) electrons. The normalized spacial score (nSPS) is 11.1. The predicted molar refractivity (Wildman–Crippen MR) is 86.9 cm³/mol. The van der Waals surface area contributed by atoms with Crippen LogP contribution in [-0.4, -0.2) is 5.11 Å². The highest BCUT2D eigenvalue weighted by atomic mass is 31.1. The molecule has 3 heteroatoms. The van der Waals surface area contributed by atoms with Gasteiger partial charge >= 0.3 is 0 Å². The van der Waals surface area contributed by atoms with E-state index in [-0.39, 0.29) is 5.75 Å². The summed E-state index contributed by atoms with van der Waals surface area (Å²) in [4.78, 5) is 0. The number of aromatic hydroxyl groups is 1. The molecular formula is C18H14O2P. The van der Waals surface area contributed by atoms with Gasteiger partial charge in [-0.3, -0.25) is 4.57 Å². The average Bonchev–Trinajstić information content (AvgIpc) is 2.56. The number of hydrogen-bond donors (Lipinski definition) is 1. The quantitative estimate of drug-likeness (QED) is 0.745. The van der Waals surface area contributed by atoms with Crippen molar-refractivity contribution in [3.63, 3.8) is 0 Å². The van der Waals surface area contributed by atoms with Gasteiger partial charge in [-0.25, -0.2) is 0 Å². The van der Waals surface area contributed by atoms with E-state index >= 15 is 0 Å². The summed E-state index contributed by atoms with van der Waals surface area (Å²) in [7, 11) is -1.69. The topological polar surface area (TPSA) is 37.3 Å². The van der Waals surface area contributed by atoms with Gasteiger partial charge in [0.2, 0.25) is 0 Å². The van der Waals surface area contributed by atoms with E-state index in [0.29, 0.717) is 0 Å². The van der Waals surface area contributed by atoms with Crippen molar-refractivity contribution < 1.29 is 9.67 Å². The molecule has 0 fully saturated rings. The molecule has 3 rings (SSSR count). The second-order valence-corrected chi connectivity index (χ2v) is 6.28. The lowest BCUT2D eigenvalue weighted by Crippen LogP contribution is -2.09. The van der Waals surface area contributed by atoms with Crippen LogP contribution in [0, 0.1) is 0 Å². The fourth-order valence-electron chi connectivity index (χ4n) is 2.25. The SMILES string of the molecule is O=[P](c1ccccc1)c1ccc(O)cc1-c1ccccc1. The molecule has 0 heterocycles. The molecule has 21 heavy (non-hydrogen) atoms. The smallest absolute Gasteiger partial charge is 0.137 e. The first-order valence-corrected chi connectivity index (χ1v) is 7.92.